The lowest BCUT2D eigenvalue weighted by Gasteiger charge is -2.25. The van der Waals surface area contributed by atoms with Gasteiger partial charge in [-0.15, -0.1) is 0 Å². The highest BCUT2D eigenvalue weighted by Gasteiger charge is 2.12. The minimum atomic E-state index is 0.0275. The fraction of sp³-hybridized carbons (Fsp3) is 0.625. The third kappa shape index (κ3) is 5.52. The Morgan fingerprint density at radius 2 is 1.95 bits per heavy atom. The van der Waals surface area contributed by atoms with Crippen molar-refractivity contribution in [3.8, 4) is 0 Å². The first-order valence-electron chi connectivity index (χ1n) is 7.30. The molecule has 1 aromatic rings. The van der Waals surface area contributed by atoms with Gasteiger partial charge in [-0.1, -0.05) is 57.0 Å². The second-order valence-electron chi connectivity index (χ2n) is 5.32. The lowest BCUT2D eigenvalue weighted by atomic mass is 10.0. The zero-order valence-electron chi connectivity index (χ0n) is 12.4. The van der Waals surface area contributed by atoms with Crippen molar-refractivity contribution in [1.29, 1.82) is 0 Å². The zero-order chi connectivity index (χ0) is 14.3. The molecule has 0 heterocycles. The molecule has 0 bridgehead atoms. The molecule has 0 spiro atoms. The van der Waals surface area contributed by atoms with Crippen molar-refractivity contribution in [2.45, 2.75) is 39.7 Å². The Kier molecular flexibility index (Phi) is 7.44. The Morgan fingerprint density at radius 1 is 1.26 bits per heavy atom. The van der Waals surface area contributed by atoms with E-state index in [0.717, 1.165) is 42.6 Å². The number of halogens is 1. The van der Waals surface area contributed by atoms with Crippen molar-refractivity contribution in [3.05, 3.63) is 34.9 Å². The van der Waals surface area contributed by atoms with Gasteiger partial charge in [-0.25, -0.2) is 0 Å². The van der Waals surface area contributed by atoms with E-state index >= 15 is 0 Å². The summed E-state index contributed by atoms with van der Waals surface area (Å²) < 4.78 is 0. The van der Waals surface area contributed by atoms with Gasteiger partial charge in [0.1, 0.15) is 0 Å². The van der Waals surface area contributed by atoms with Crippen LogP contribution in [0.25, 0.3) is 0 Å². The standard InChI is InChI=1S/C16H27ClN2/c1-4-13(3)12-19(5-2)11-10-16(18)14-8-6-7-9-15(14)17/h6-9,13,16H,4-5,10-12,18H2,1-3H3. The molecule has 2 nitrogen and oxygen atoms in total. The topological polar surface area (TPSA) is 29.3 Å². The molecular weight excluding hydrogens is 256 g/mol. The molecule has 2 N–H and O–H groups in total. The van der Waals surface area contributed by atoms with E-state index in [4.69, 9.17) is 17.3 Å². The van der Waals surface area contributed by atoms with Crippen molar-refractivity contribution in [2.75, 3.05) is 19.6 Å². The Hall–Kier alpha value is -0.570. The first-order valence-corrected chi connectivity index (χ1v) is 7.68. The van der Waals surface area contributed by atoms with Gasteiger partial charge in [0.05, 0.1) is 0 Å². The van der Waals surface area contributed by atoms with Crippen molar-refractivity contribution in [2.24, 2.45) is 11.7 Å². The molecule has 2 unspecified atom stereocenters. The average Bonchev–Trinajstić information content (AvgIpc) is 2.43. The van der Waals surface area contributed by atoms with E-state index in [-0.39, 0.29) is 6.04 Å². The van der Waals surface area contributed by atoms with E-state index < -0.39 is 0 Å². The summed E-state index contributed by atoms with van der Waals surface area (Å²) >= 11 is 6.18. The van der Waals surface area contributed by atoms with Crippen molar-refractivity contribution < 1.29 is 0 Å². The molecule has 0 aromatic heterocycles. The van der Waals surface area contributed by atoms with Crippen LogP contribution in [0.5, 0.6) is 0 Å². The molecule has 0 fully saturated rings. The monoisotopic (exact) mass is 282 g/mol. The van der Waals surface area contributed by atoms with Crippen LogP contribution >= 0.6 is 11.6 Å². The molecule has 0 aliphatic heterocycles. The van der Waals surface area contributed by atoms with Gasteiger partial charge in [0.25, 0.3) is 0 Å². The molecule has 0 saturated carbocycles. The summed E-state index contributed by atoms with van der Waals surface area (Å²) in [6, 6.07) is 7.91. The van der Waals surface area contributed by atoms with Gasteiger partial charge in [0.2, 0.25) is 0 Å². The lowest BCUT2D eigenvalue weighted by molar-refractivity contribution is 0.237. The number of nitrogens with two attached hydrogens (primary N) is 1. The molecule has 1 aromatic carbocycles. The largest absolute Gasteiger partial charge is 0.324 e. The van der Waals surface area contributed by atoms with Crippen LogP contribution in [0.4, 0.5) is 0 Å². The number of hydrogen-bond acceptors (Lipinski definition) is 2. The molecule has 19 heavy (non-hydrogen) atoms. The Bertz CT molecular complexity index is 368. The predicted molar refractivity (Wildman–Crippen MR) is 84.6 cm³/mol. The Morgan fingerprint density at radius 3 is 2.53 bits per heavy atom. The number of hydrogen-bond donors (Lipinski definition) is 1. The van der Waals surface area contributed by atoms with E-state index in [1.54, 1.807) is 0 Å². The SMILES string of the molecule is CCC(C)CN(CC)CCC(N)c1ccccc1Cl. The maximum absolute atomic E-state index is 6.25. The fourth-order valence-corrected chi connectivity index (χ4v) is 2.48. The van der Waals surface area contributed by atoms with Crippen molar-refractivity contribution in [3.63, 3.8) is 0 Å². The second kappa shape index (κ2) is 8.57. The average molecular weight is 283 g/mol. The van der Waals surface area contributed by atoms with Crippen LogP contribution < -0.4 is 5.73 Å². The minimum absolute atomic E-state index is 0.0275. The summed E-state index contributed by atoms with van der Waals surface area (Å²) in [6.45, 7) is 10.0. The summed E-state index contributed by atoms with van der Waals surface area (Å²) in [5.74, 6) is 0.747. The van der Waals surface area contributed by atoms with E-state index in [1.807, 2.05) is 24.3 Å². The summed E-state index contributed by atoms with van der Waals surface area (Å²) in [4.78, 5) is 2.48. The van der Waals surface area contributed by atoms with Crippen molar-refractivity contribution >= 4 is 11.6 Å². The minimum Gasteiger partial charge on any atom is -0.324 e. The number of nitrogens with zero attached hydrogens (tertiary/aromatic N) is 1. The highest BCUT2D eigenvalue weighted by Crippen LogP contribution is 2.23. The van der Waals surface area contributed by atoms with Gasteiger partial charge in [-0.05, 0) is 37.1 Å². The molecule has 0 amide bonds. The maximum atomic E-state index is 6.25. The van der Waals surface area contributed by atoms with E-state index in [0.29, 0.717) is 0 Å². The van der Waals surface area contributed by atoms with Crippen LogP contribution in [0.3, 0.4) is 0 Å². The van der Waals surface area contributed by atoms with Crippen LogP contribution in [0, 0.1) is 5.92 Å². The molecule has 108 valence electrons. The van der Waals surface area contributed by atoms with Crippen LogP contribution in [-0.4, -0.2) is 24.5 Å². The summed E-state index contributed by atoms with van der Waals surface area (Å²) in [5, 5.41) is 0.778. The van der Waals surface area contributed by atoms with Gasteiger partial charge in [-0.2, -0.15) is 0 Å². The maximum Gasteiger partial charge on any atom is 0.0453 e. The van der Waals surface area contributed by atoms with Crippen LogP contribution in [0.1, 0.15) is 45.2 Å². The molecule has 0 aliphatic carbocycles. The van der Waals surface area contributed by atoms with E-state index in [2.05, 4.69) is 25.7 Å². The lowest BCUT2D eigenvalue weighted by Crippen LogP contribution is -2.31. The fourth-order valence-electron chi connectivity index (χ4n) is 2.20. The second-order valence-corrected chi connectivity index (χ2v) is 5.73. The van der Waals surface area contributed by atoms with Crippen LogP contribution in [-0.2, 0) is 0 Å². The smallest absolute Gasteiger partial charge is 0.0453 e. The normalized spacial score (nSPS) is 14.6. The zero-order valence-corrected chi connectivity index (χ0v) is 13.2. The molecule has 0 aliphatic rings. The first-order chi connectivity index (χ1) is 9.08. The molecule has 2 atom stereocenters. The van der Waals surface area contributed by atoms with Gasteiger partial charge in [0, 0.05) is 17.6 Å². The van der Waals surface area contributed by atoms with Crippen LogP contribution in [0.15, 0.2) is 24.3 Å². The van der Waals surface area contributed by atoms with Crippen LogP contribution in [0.2, 0.25) is 5.02 Å². The third-order valence-corrected chi connectivity index (χ3v) is 4.12. The molecule has 0 saturated heterocycles. The Balaban J connectivity index is 2.48. The third-order valence-electron chi connectivity index (χ3n) is 3.78. The quantitative estimate of drug-likeness (QED) is 0.778. The number of rotatable bonds is 8. The van der Waals surface area contributed by atoms with Gasteiger partial charge >= 0.3 is 0 Å². The highest BCUT2D eigenvalue weighted by atomic mass is 35.5. The summed E-state index contributed by atoms with van der Waals surface area (Å²) in [6.07, 6.45) is 2.18. The predicted octanol–water partition coefficient (Wildman–Crippen LogP) is 4.10. The molecule has 1 rings (SSSR count). The Labute approximate surface area is 122 Å². The summed E-state index contributed by atoms with van der Waals surface area (Å²) in [5.41, 5.74) is 7.31. The van der Waals surface area contributed by atoms with E-state index in [1.165, 1.54) is 6.42 Å². The molecule has 3 heteroatoms. The first kappa shape index (κ1) is 16.5. The summed E-state index contributed by atoms with van der Waals surface area (Å²) in [7, 11) is 0. The van der Waals surface area contributed by atoms with Crippen molar-refractivity contribution in [1.82, 2.24) is 4.90 Å². The molecule has 0 radical (unpaired) electrons. The van der Waals surface area contributed by atoms with E-state index in [9.17, 15) is 0 Å². The van der Waals surface area contributed by atoms with Gasteiger partial charge < -0.3 is 10.6 Å². The number of benzene rings is 1. The highest BCUT2D eigenvalue weighted by molar-refractivity contribution is 6.31. The molecular formula is C16H27ClN2. The van der Waals surface area contributed by atoms with Gasteiger partial charge in [0.15, 0.2) is 0 Å². The van der Waals surface area contributed by atoms with Gasteiger partial charge in [-0.3, -0.25) is 0 Å².